The second-order valence-electron chi connectivity index (χ2n) is 4.47. The first kappa shape index (κ1) is 16.7. The zero-order chi connectivity index (χ0) is 15.7. The van der Waals surface area contributed by atoms with Crippen molar-refractivity contribution in [3.63, 3.8) is 0 Å². The van der Waals surface area contributed by atoms with E-state index in [2.05, 4.69) is 22.5 Å². The Morgan fingerprint density at radius 3 is 2.71 bits per heavy atom. The Labute approximate surface area is 124 Å². The molecular formula is C16H20N2O3. The Bertz CT molecular complexity index is 571. The monoisotopic (exact) mass is 288 g/mol. The van der Waals surface area contributed by atoms with E-state index in [9.17, 15) is 9.59 Å². The van der Waals surface area contributed by atoms with Gasteiger partial charge >= 0.3 is 0 Å². The van der Waals surface area contributed by atoms with Crippen molar-refractivity contribution in [2.24, 2.45) is 0 Å². The van der Waals surface area contributed by atoms with E-state index in [4.69, 9.17) is 5.11 Å². The van der Waals surface area contributed by atoms with Crippen LogP contribution in [0.15, 0.2) is 18.2 Å². The minimum atomic E-state index is -0.276. The molecule has 0 radical (unpaired) electrons. The van der Waals surface area contributed by atoms with Crippen molar-refractivity contribution in [2.75, 3.05) is 19.7 Å². The highest BCUT2D eigenvalue weighted by Gasteiger charge is 2.10. The number of aliphatic hydroxyl groups is 1. The zero-order valence-corrected chi connectivity index (χ0v) is 12.3. The molecule has 0 aliphatic rings. The van der Waals surface area contributed by atoms with Crippen LogP contribution in [0.1, 0.15) is 34.8 Å². The van der Waals surface area contributed by atoms with Crippen LogP contribution in [0.3, 0.4) is 0 Å². The lowest BCUT2D eigenvalue weighted by Gasteiger charge is -2.08. The SMILES string of the molecule is CCNC(=O)CCNC(=O)c1ccc(C)cc1C#CCO. The maximum Gasteiger partial charge on any atom is 0.252 e. The predicted octanol–water partition coefficient (Wildman–Crippen LogP) is 0.595. The second-order valence-corrected chi connectivity index (χ2v) is 4.47. The summed E-state index contributed by atoms with van der Waals surface area (Å²) in [6.07, 6.45) is 0.239. The number of amides is 2. The first-order chi connectivity index (χ1) is 10.1. The highest BCUT2D eigenvalue weighted by molar-refractivity contribution is 5.97. The first-order valence-corrected chi connectivity index (χ1v) is 6.83. The second kappa shape index (κ2) is 8.77. The fraction of sp³-hybridized carbons (Fsp3) is 0.375. The maximum absolute atomic E-state index is 12.1. The van der Waals surface area contributed by atoms with Gasteiger partial charge in [-0.05, 0) is 31.5 Å². The maximum atomic E-state index is 12.1. The number of aryl methyl sites for hydroxylation is 1. The molecule has 0 unspecified atom stereocenters. The van der Waals surface area contributed by atoms with Crippen molar-refractivity contribution in [2.45, 2.75) is 20.3 Å². The zero-order valence-electron chi connectivity index (χ0n) is 12.3. The van der Waals surface area contributed by atoms with E-state index in [1.807, 2.05) is 19.9 Å². The van der Waals surface area contributed by atoms with Crippen LogP contribution in [0.4, 0.5) is 0 Å². The van der Waals surface area contributed by atoms with E-state index in [1.54, 1.807) is 12.1 Å². The Morgan fingerprint density at radius 2 is 2.05 bits per heavy atom. The van der Waals surface area contributed by atoms with Crippen LogP contribution in [0, 0.1) is 18.8 Å². The molecule has 0 heterocycles. The minimum absolute atomic E-state index is 0.0954. The van der Waals surface area contributed by atoms with E-state index in [0.717, 1.165) is 5.56 Å². The molecule has 1 aromatic carbocycles. The third kappa shape index (κ3) is 5.67. The van der Waals surface area contributed by atoms with Crippen LogP contribution in [-0.2, 0) is 4.79 Å². The lowest BCUT2D eigenvalue weighted by atomic mass is 10.0. The molecule has 0 bridgehead atoms. The summed E-state index contributed by atoms with van der Waals surface area (Å²) in [6.45, 7) is 4.33. The highest BCUT2D eigenvalue weighted by Crippen LogP contribution is 2.10. The molecule has 0 atom stereocenters. The van der Waals surface area contributed by atoms with E-state index < -0.39 is 0 Å². The number of hydrogen-bond donors (Lipinski definition) is 3. The molecule has 0 fully saturated rings. The number of rotatable bonds is 5. The van der Waals surface area contributed by atoms with Gasteiger partial charge in [0.2, 0.25) is 5.91 Å². The fourth-order valence-electron chi connectivity index (χ4n) is 1.76. The average molecular weight is 288 g/mol. The van der Waals surface area contributed by atoms with Gasteiger partial charge in [0.25, 0.3) is 5.91 Å². The van der Waals surface area contributed by atoms with Gasteiger partial charge in [-0.15, -0.1) is 0 Å². The molecule has 5 nitrogen and oxygen atoms in total. The molecule has 21 heavy (non-hydrogen) atoms. The van der Waals surface area contributed by atoms with Crippen LogP contribution >= 0.6 is 0 Å². The number of benzene rings is 1. The summed E-state index contributed by atoms with van der Waals surface area (Å²) in [5.41, 5.74) is 1.99. The summed E-state index contributed by atoms with van der Waals surface area (Å²) >= 11 is 0. The predicted molar refractivity (Wildman–Crippen MR) is 80.8 cm³/mol. The molecule has 0 spiro atoms. The summed E-state index contributed by atoms with van der Waals surface area (Å²) in [5.74, 6) is 4.93. The van der Waals surface area contributed by atoms with Crippen molar-refractivity contribution in [1.29, 1.82) is 0 Å². The summed E-state index contributed by atoms with van der Waals surface area (Å²) < 4.78 is 0. The molecule has 0 aliphatic carbocycles. The number of carbonyl (C=O) groups is 2. The Balaban J connectivity index is 2.71. The Hall–Kier alpha value is -2.32. The van der Waals surface area contributed by atoms with Gasteiger partial charge in [-0.25, -0.2) is 0 Å². The van der Waals surface area contributed by atoms with Gasteiger partial charge < -0.3 is 15.7 Å². The van der Waals surface area contributed by atoms with Crippen molar-refractivity contribution in [3.8, 4) is 11.8 Å². The van der Waals surface area contributed by atoms with E-state index in [1.165, 1.54) is 0 Å². The quantitative estimate of drug-likeness (QED) is 0.694. The molecule has 1 aromatic rings. The van der Waals surface area contributed by atoms with Crippen molar-refractivity contribution >= 4 is 11.8 Å². The Kier molecular flexibility index (Phi) is 6.99. The molecule has 3 N–H and O–H groups in total. The summed E-state index contributed by atoms with van der Waals surface area (Å²) in [5, 5.41) is 14.1. The third-order valence-corrected chi connectivity index (χ3v) is 2.73. The van der Waals surface area contributed by atoms with Gasteiger partial charge in [-0.1, -0.05) is 17.9 Å². The van der Waals surface area contributed by atoms with Gasteiger partial charge in [0.1, 0.15) is 6.61 Å². The minimum Gasteiger partial charge on any atom is -0.384 e. The van der Waals surface area contributed by atoms with E-state index >= 15 is 0 Å². The molecular weight excluding hydrogens is 268 g/mol. The molecule has 112 valence electrons. The summed E-state index contributed by atoms with van der Waals surface area (Å²) in [6, 6.07) is 5.31. The number of nitrogens with one attached hydrogen (secondary N) is 2. The van der Waals surface area contributed by atoms with Gasteiger partial charge in [0.15, 0.2) is 0 Å². The van der Waals surface area contributed by atoms with Crippen LogP contribution < -0.4 is 10.6 Å². The molecule has 0 aliphatic heterocycles. The van der Waals surface area contributed by atoms with Crippen LogP contribution in [0.2, 0.25) is 0 Å². The number of carbonyl (C=O) groups excluding carboxylic acids is 2. The normalized spacial score (nSPS) is 9.48. The van der Waals surface area contributed by atoms with Crippen molar-refractivity contribution in [3.05, 3.63) is 34.9 Å². The lowest BCUT2D eigenvalue weighted by molar-refractivity contribution is -0.120. The van der Waals surface area contributed by atoms with Crippen LogP contribution in [0.5, 0.6) is 0 Å². The van der Waals surface area contributed by atoms with Crippen LogP contribution in [-0.4, -0.2) is 36.6 Å². The van der Waals surface area contributed by atoms with Gasteiger partial charge in [0, 0.05) is 25.1 Å². The molecule has 0 saturated heterocycles. The summed E-state index contributed by atoms with van der Waals surface area (Å²) in [4.78, 5) is 23.4. The van der Waals surface area contributed by atoms with E-state index in [0.29, 0.717) is 17.7 Å². The van der Waals surface area contributed by atoms with Gasteiger partial charge in [-0.2, -0.15) is 0 Å². The van der Waals surface area contributed by atoms with Crippen molar-refractivity contribution < 1.29 is 14.7 Å². The molecule has 2 amide bonds. The molecule has 0 aromatic heterocycles. The molecule has 0 saturated carbocycles. The number of aliphatic hydroxyl groups excluding tert-OH is 1. The highest BCUT2D eigenvalue weighted by atomic mass is 16.2. The topological polar surface area (TPSA) is 78.4 Å². The average Bonchev–Trinajstić information content (AvgIpc) is 2.45. The molecule has 1 rings (SSSR count). The van der Waals surface area contributed by atoms with E-state index in [-0.39, 0.29) is 31.4 Å². The lowest BCUT2D eigenvalue weighted by Crippen LogP contribution is -2.30. The largest absolute Gasteiger partial charge is 0.384 e. The molecule has 5 heteroatoms. The van der Waals surface area contributed by atoms with Gasteiger partial charge in [0.05, 0.1) is 5.56 Å². The smallest absolute Gasteiger partial charge is 0.252 e. The number of hydrogen-bond acceptors (Lipinski definition) is 3. The third-order valence-electron chi connectivity index (χ3n) is 2.73. The van der Waals surface area contributed by atoms with Crippen LogP contribution in [0.25, 0.3) is 0 Å². The van der Waals surface area contributed by atoms with Gasteiger partial charge in [-0.3, -0.25) is 9.59 Å². The first-order valence-electron chi connectivity index (χ1n) is 6.83. The Morgan fingerprint density at radius 1 is 1.29 bits per heavy atom. The fourth-order valence-corrected chi connectivity index (χ4v) is 1.76. The van der Waals surface area contributed by atoms with Crippen molar-refractivity contribution in [1.82, 2.24) is 10.6 Å². The summed E-state index contributed by atoms with van der Waals surface area (Å²) in [7, 11) is 0. The standard InChI is InChI=1S/C16H20N2O3/c1-3-17-15(20)8-9-18-16(21)14-7-6-12(2)11-13(14)5-4-10-19/h6-7,11,19H,3,8-10H2,1-2H3,(H,17,20)(H,18,21).